The fourth-order valence-corrected chi connectivity index (χ4v) is 9.07. The topological polar surface area (TPSA) is 195 Å². The van der Waals surface area contributed by atoms with Crippen LogP contribution in [0.1, 0.15) is 76.9 Å². The van der Waals surface area contributed by atoms with Crippen LogP contribution in [0.25, 0.3) is 10.8 Å². The van der Waals surface area contributed by atoms with Crippen LogP contribution in [0.3, 0.4) is 0 Å². The molecule has 1 saturated heterocycles. The minimum absolute atomic E-state index is 0. The van der Waals surface area contributed by atoms with Crippen LogP contribution in [-0.2, 0) is 29.1 Å². The Bertz CT molecular complexity index is 2100. The lowest BCUT2D eigenvalue weighted by Crippen LogP contribution is -2.60. The highest BCUT2D eigenvalue weighted by Crippen LogP contribution is 2.48. The third kappa shape index (κ3) is 8.38. The van der Waals surface area contributed by atoms with Gasteiger partial charge >= 0.3 is 12.3 Å². The molecule has 1 aromatic carbocycles. The van der Waals surface area contributed by atoms with E-state index in [1.54, 1.807) is 43.3 Å². The van der Waals surface area contributed by atoms with Gasteiger partial charge in [0.15, 0.2) is 0 Å². The van der Waals surface area contributed by atoms with E-state index in [-0.39, 0.29) is 54.2 Å². The highest BCUT2D eigenvalue weighted by atomic mass is 32.2. The normalized spacial score (nSPS) is 29.4. The van der Waals surface area contributed by atoms with E-state index in [0.717, 1.165) is 4.90 Å². The fourth-order valence-electron chi connectivity index (χ4n) is 7.65. The molecular formula is C38H54F4N6O9S. The lowest BCUT2D eigenvalue weighted by atomic mass is 9.88. The average molecular weight is 847 g/mol. The number of aromatic nitrogens is 2. The molecule has 0 radical (unpaired) electrons. The SMILES string of the molecule is COc1nnc(O[C@@H]2C[C@H]3C(=O)N[C@]4(C(=O)NS(=O)(=O)C5(CF)CC5)C[C@H]4/C=C\CC[C@@H](C)C[C@@H](C)[C@H](NC(=O)OC(C)(C)C(F)(F)F)C(=O)N3C2)c2ccccc12.[HH].[HH].[HH]. The zero-order chi connectivity index (χ0) is 42.4. The zero-order valence-corrected chi connectivity index (χ0v) is 33.5. The summed E-state index contributed by atoms with van der Waals surface area (Å²) in [4.78, 5) is 57.3. The molecule has 4 aliphatic rings. The van der Waals surface area contributed by atoms with Gasteiger partial charge in [0, 0.05) is 16.6 Å². The highest BCUT2D eigenvalue weighted by molar-refractivity contribution is 7.91. The molecule has 2 aromatic rings. The first-order valence-electron chi connectivity index (χ1n) is 19.1. The van der Waals surface area contributed by atoms with Gasteiger partial charge in [-0.2, -0.15) is 13.2 Å². The molecule has 2 aliphatic heterocycles. The molecule has 20 heteroatoms. The second-order valence-electron chi connectivity index (χ2n) is 16.4. The quantitative estimate of drug-likeness (QED) is 0.227. The first-order chi connectivity index (χ1) is 27.2. The Morgan fingerprint density at radius 3 is 2.34 bits per heavy atom. The van der Waals surface area contributed by atoms with Crippen molar-refractivity contribution in [1.82, 2.24) is 30.5 Å². The second kappa shape index (κ2) is 15.8. The minimum Gasteiger partial charge on any atom is -0.479 e. The molecule has 1 aromatic heterocycles. The van der Waals surface area contributed by atoms with E-state index in [1.807, 2.05) is 11.6 Å². The Morgan fingerprint density at radius 2 is 1.72 bits per heavy atom. The van der Waals surface area contributed by atoms with E-state index in [2.05, 4.69) is 20.8 Å². The number of allylic oxidation sites excluding steroid dienone is 1. The first-order valence-corrected chi connectivity index (χ1v) is 20.6. The number of carbonyl (C=O) groups excluding carboxylic acids is 4. The molecule has 58 heavy (non-hydrogen) atoms. The van der Waals surface area contributed by atoms with E-state index in [9.17, 15) is 45.2 Å². The number of alkyl halides is 4. The van der Waals surface area contributed by atoms with Crippen molar-refractivity contribution in [2.75, 3.05) is 20.3 Å². The van der Waals surface area contributed by atoms with Crippen molar-refractivity contribution in [3.63, 3.8) is 0 Å². The van der Waals surface area contributed by atoms with Crippen LogP contribution in [0.4, 0.5) is 22.4 Å². The number of ether oxygens (including phenoxy) is 3. The predicted molar refractivity (Wildman–Crippen MR) is 206 cm³/mol. The van der Waals surface area contributed by atoms with Gasteiger partial charge in [-0.3, -0.25) is 19.1 Å². The number of hydrogen-bond donors (Lipinski definition) is 3. The molecule has 7 atom stereocenters. The van der Waals surface area contributed by atoms with Gasteiger partial charge in [-0.25, -0.2) is 17.6 Å². The zero-order valence-electron chi connectivity index (χ0n) is 32.7. The third-order valence-electron chi connectivity index (χ3n) is 11.7. The molecule has 15 nitrogen and oxygen atoms in total. The number of benzene rings is 1. The van der Waals surface area contributed by atoms with E-state index >= 15 is 0 Å². The van der Waals surface area contributed by atoms with E-state index in [1.165, 1.54) is 7.11 Å². The van der Waals surface area contributed by atoms with Crippen molar-refractivity contribution in [2.45, 2.75) is 113 Å². The van der Waals surface area contributed by atoms with Crippen molar-refractivity contribution in [1.29, 1.82) is 0 Å². The summed E-state index contributed by atoms with van der Waals surface area (Å²) in [5.41, 5.74) is -4.69. The Kier molecular flexibility index (Phi) is 11.7. The molecular weight excluding hydrogens is 793 g/mol. The molecule has 0 bridgehead atoms. The number of methoxy groups -OCH3 is 1. The maximum atomic E-state index is 14.7. The van der Waals surface area contributed by atoms with Crippen molar-refractivity contribution >= 4 is 44.6 Å². The summed E-state index contributed by atoms with van der Waals surface area (Å²) < 4.78 is 98.0. The van der Waals surface area contributed by atoms with E-state index in [4.69, 9.17) is 14.2 Å². The van der Waals surface area contributed by atoms with Gasteiger partial charge < -0.3 is 29.7 Å². The van der Waals surface area contributed by atoms with Crippen molar-refractivity contribution < 1.29 is 63.6 Å². The number of fused-ring (bicyclic) bond motifs is 3. The molecule has 3 fully saturated rings. The van der Waals surface area contributed by atoms with Crippen LogP contribution in [0.15, 0.2) is 36.4 Å². The van der Waals surface area contributed by atoms with E-state index in [0.29, 0.717) is 43.9 Å². The van der Waals surface area contributed by atoms with Gasteiger partial charge in [0.2, 0.25) is 39.2 Å². The lowest BCUT2D eigenvalue weighted by molar-refractivity contribution is -0.244. The Labute approximate surface area is 337 Å². The smallest absolute Gasteiger partial charge is 0.427 e. The fraction of sp³-hybridized carbons (Fsp3) is 0.632. The number of sulfonamides is 1. The number of carbonyl (C=O) groups is 4. The Morgan fingerprint density at radius 1 is 1.07 bits per heavy atom. The maximum Gasteiger partial charge on any atom is 0.427 e. The third-order valence-corrected chi connectivity index (χ3v) is 13.8. The predicted octanol–water partition coefficient (Wildman–Crippen LogP) is 5.00. The summed E-state index contributed by atoms with van der Waals surface area (Å²) in [6, 6.07) is 4.03. The molecule has 3 N–H and O–H groups in total. The van der Waals surface area contributed by atoms with Gasteiger partial charge in [0.1, 0.15) is 35.1 Å². The number of rotatable bonds is 9. The number of nitrogens with zero attached hydrogens (tertiary/aromatic N) is 3. The van der Waals surface area contributed by atoms with Crippen LogP contribution in [0, 0.1) is 17.8 Å². The lowest BCUT2D eigenvalue weighted by Gasteiger charge is -2.34. The average Bonchev–Trinajstić information content (AvgIpc) is 4.06. The van der Waals surface area contributed by atoms with E-state index < -0.39 is 92.6 Å². The molecule has 3 heterocycles. The highest BCUT2D eigenvalue weighted by Gasteiger charge is 2.64. The Hall–Kier alpha value is -4.75. The number of nitrogens with one attached hydrogen (secondary N) is 3. The monoisotopic (exact) mass is 846 g/mol. The van der Waals surface area contributed by atoms with Crippen molar-refractivity contribution in [2.24, 2.45) is 17.8 Å². The molecule has 6 rings (SSSR count). The molecule has 4 amide bonds. The van der Waals surface area contributed by atoms with Crippen LogP contribution in [0.5, 0.6) is 11.8 Å². The van der Waals surface area contributed by atoms with Crippen LogP contribution in [0.2, 0.25) is 0 Å². The van der Waals surface area contributed by atoms with Crippen LogP contribution >= 0.6 is 0 Å². The van der Waals surface area contributed by atoms with Gasteiger partial charge in [-0.15, -0.1) is 10.2 Å². The maximum absolute atomic E-state index is 14.7. The van der Waals surface area contributed by atoms with Gasteiger partial charge in [0.05, 0.1) is 24.4 Å². The summed E-state index contributed by atoms with van der Waals surface area (Å²) in [5.74, 6) is -3.90. The largest absolute Gasteiger partial charge is 0.479 e. The molecule has 324 valence electrons. The summed E-state index contributed by atoms with van der Waals surface area (Å²) in [5, 5.41) is 14.3. The van der Waals surface area contributed by atoms with Gasteiger partial charge in [-0.1, -0.05) is 38.1 Å². The number of hydrogen-bond acceptors (Lipinski definition) is 11. The van der Waals surface area contributed by atoms with Crippen molar-refractivity contribution in [3.05, 3.63) is 36.4 Å². The standard InChI is InChI=1S/C38H48F4N6O9S.3H2/c1-21-10-6-7-11-23-18-37(23,33(51)47-58(53,54)36(20-39)14-15-36)44-29(49)27-17-24(56-31-26-13-9-8-12-25(26)30(55-5)45-46-31)19-48(27)32(50)28(22(2)16-21)43-34(52)57-35(3,4)38(40,41)42;;;/h7-9,11-13,21-24,27-28H,6,10,14-20H2,1-5H3,(H,43,52)(H,44,49)(H,47,51);3*1H/b11-7-;;;/t21-,22-,23-,24-,27+,28+,37-;;;/m1.../s1. The molecule has 2 saturated carbocycles. The first kappa shape index (κ1) is 42.8. The summed E-state index contributed by atoms with van der Waals surface area (Å²) in [7, 11) is -3.05. The summed E-state index contributed by atoms with van der Waals surface area (Å²) >= 11 is 0. The number of alkyl carbamates (subject to hydrolysis) is 1. The molecule has 0 spiro atoms. The minimum atomic E-state index is -4.94. The molecule has 0 unspecified atom stereocenters. The van der Waals surface area contributed by atoms with Gasteiger partial charge in [0.25, 0.3) is 5.91 Å². The van der Waals surface area contributed by atoms with Gasteiger partial charge in [-0.05, 0) is 76.3 Å². The molecule has 2 aliphatic carbocycles. The summed E-state index contributed by atoms with van der Waals surface area (Å²) in [6.07, 6.45) is -2.63. The van der Waals surface area contributed by atoms with Crippen LogP contribution in [-0.4, -0.2) is 108 Å². The summed E-state index contributed by atoms with van der Waals surface area (Å²) in [6.45, 7) is 3.42. The number of halogens is 4. The number of amides is 4. The Balaban J connectivity index is 0.00000331. The van der Waals surface area contributed by atoms with Crippen molar-refractivity contribution in [3.8, 4) is 11.8 Å². The van der Waals surface area contributed by atoms with Crippen LogP contribution < -0.4 is 24.8 Å². The second-order valence-corrected chi connectivity index (χ2v) is 18.5.